The Balaban J connectivity index is 2.12. The third kappa shape index (κ3) is 2.00. The monoisotopic (exact) mass is 208 g/mol. The number of rotatable bonds is 4. The van der Waals surface area contributed by atoms with Gasteiger partial charge in [-0.05, 0) is 0 Å². The number of nitrogens with zero attached hydrogens (tertiary/aromatic N) is 3. The molecule has 0 saturated heterocycles. The first kappa shape index (κ1) is 9.36. The van der Waals surface area contributed by atoms with Gasteiger partial charge in [-0.3, -0.25) is 0 Å². The molecule has 2 aromatic rings. The van der Waals surface area contributed by atoms with Gasteiger partial charge in [-0.25, -0.2) is 9.97 Å². The summed E-state index contributed by atoms with van der Waals surface area (Å²) in [6.07, 6.45) is 6.37. The molecule has 74 valence electrons. The van der Waals surface area contributed by atoms with Crippen molar-refractivity contribution in [3.05, 3.63) is 34.8 Å². The van der Waals surface area contributed by atoms with E-state index in [-0.39, 0.29) is 0 Å². The van der Waals surface area contributed by atoms with Crippen molar-refractivity contribution < 1.29 is 0 Å². The molecule has 4 nitrogen and oxygen atoms in total. The molecular weight excluding hydrogens is 196 g/mol. The van der Waals surface area contributed by atoms with Gasteiger partial charge in [0.1, 0.15) is 5.82 Å². The second kappa shape index (κ2) is 4.34. The Morgan fingerprint density at radius 2 is 2.29 bits per heavy atom. The lowest BCUT2D eigenvalue weighted by molar-refractivity contribution is 0.671. The van der Waals surface area contributed by atoms with E-state index >= 15 is 0 Å². The SMILES string of the molecule is NCCn1ccnc1Cc1nccs1. The Morgan fingerprint density at radius 3 is 3.00 bits per heavy atom. The highest BCUT2D eigenvalue weighted by Crippen LogP contribution is 2.10. The van der Waals surface area contributed by atoms with Crippen LogP contribution in [0.2, 0.25) is 0 Å². The zero-order chi connectivity index (χ0) is 9.80. The lowest BCUT2D eigenvalue weighted by atomic mass is 10.4. The van der Waals surface area contributed by atoms with Crippen molar-refractivity contribution in [2.75, 3.05) is 6.54 Å². The van der Waals surface area contributed by atoms with Gasteiger partial charge < -0.3 is 10.3 Å². The van der Waals surface area contributed by atoms with E-state index in [0.29, 0.717) is 6.54 Å². The predicted octanol–water partition coefficient (Wildman–Crippen LogP) is 0.889. The Hall–Kier alpha value is -1.20. The number of imidazole rings is 1. The van der Waals surface area contributed by atoms with Crippen LogP contribution in [-0.2, 0) is 13.0 Å². The van der Waals surface area contributed by atoms with Gasteiger partial charge in [0.2, 0.25) is 0 Å². The van der Waals surface area contributed by atoms with Crippen LogP contribution in [-0.4, -0.2) is 21.1 Å². The van der Waals surface area contributed by atoms with E-state index in [0.717, 1.165) is 23.8 Å². The van der Waals surface area contributed by atoms with E-state index in [1.54, 1.807) is 17.5 Å². The van der Waals surface area contributed by atoms with E-state index in [9.17, 15) is 0 Å². The van der Waals surface area contributed by atoms with Gasteiger partial charge in [-0.15, -0.1) is 11.3 Å². The average molecular weight is 208 g/mol. The number of hydrogen-bond acceptors (Lipinski definition) is 4. The Kier molecular flexibility index (Phi) is 2.90. The molecule has 0 bridgehead atoms. The van der Waals surface area contributed by atoms with Crippen LogP contribution in [0.5, 0.6) is 0 Å². The molecule has 0 aromatic carbocycles. The average Bonchev–Trinajstić information content (AvgIpc) is 2.80. The van der Waals surface area contributed by atoms with Crippen LogP contribution in [0.1, 0.15) is 10.8 Å². The summed E-state index contributed by atoms with van der Waals surface area (Å²) in [6.45, 7) is 1.46. The minimum Gasteiger partial charge on any atom is -0.333 e. The van der Waals surface area contributed by atoms with Crippen LogP contribution in [0.4, 0.5) is 0 Å². The molecule has 2 rings (SSSR count). The van der Waals surface area contributed by atoms with Crippen LogP contribution >= 0.6 is 11.3 Å². The van der Waals surface area contributed by atoms with Crippen LogP contribution in [0.3, 0.4) is 0 Å². The summed E-state index contributed by atoms with van der Waals surface area (Å²) in [7, 11) is 0. The topological polar surface area (TPSA) is 56.7 Å². The third-order valence-electron chi connectivity index (χ3n) is 1.96. The van der Waals surface area contributed by atoms with E-state index in [1.807, 2.05) is 17.8 Å². The Morgan fingerprint density at radius 1 is 1.36 bits per heavy atom. The van der Waals surface area contributed by atoms with E-state index in [4.69, 9.17) is 5.73 Å². The second-order valence-corrected chi connectivity index (χ2v) is 3.91. The molecule has 14 heavy (non-hydrogen) atoms. The van der Waals surface area contributed by atoms with Crippen molar-refractivity contribution in [1.82, 2.24) is 14.5 Å². The summed E-state index contributed by atoms with van der Waals surface area (Å²) in [5, 5.41) is 3.07. The van der Waals surface area contributed by atoms with Crippen molar-refractivity contribution in [1.29, 1.82) is 0 Å². The molecular formula is C9H12N4S. The fourth-order valence-corrected chi connectivity index (χ4v) is 1.94. The van der Waals surface area contributed by atoms with E-state index in [2.05, 4.69) is 14.5 Å². The van der Waals surface area contributed by atoms with Crippen LogP contribution < -0.4 is 5.73 Å². The summed E-state index contributed by atoms with van der Waals surface area (Å²) in [4.78, 5) is 8.51. The van der Waals surface area contributed by atoms with Gasteiger partial charge in [-0.1, -0.05) is 0 Å². The maximum atomic E-state index is 5.50. The summed E-state index contributed by atoms with van der Waals surface area (Å²) < 4.78 is 2.07. The zero-order valence-electron chi connectivity index (χ0n) is 7.76. The van der Waals surface area contributed by atoms with Gasteiger partial charge in [0.05, 0.1) is 11.4 Å². The molecule has 0 aliphatic heterocycles. The van der Waals surface area contributed by atoms with Crippen LogP contribution in [0, 0.1) is 0 Å². The molecule has 0 spiro atoms. The van der Waals surface area contributed by atoms with Gasteiger partial charge in [0.15, 0.2) is 0 Å². The molecule has 0 fully saturated rings. The third-order valence-corrected chi connectivity index (χ3v) is 2.74. The minimum absolute atomic E-state index is 0.640. The lowest BCUT2D eigenvalue weighted by Gasteiger charge is -2.03. The van der Waals surface area contributed by atoms with Gasteiger partial charge >= 0.3 is 0 Å². The summed E-state index contributed by atoms with van der Waals surface area (Å²) in [5.41, 5.74) is 5.50. The second-order valence-electron chi connectivity index (χ2n) is 2.93. The largest absolute Gasteiger partial charge is 0.333 e. The molecule has 0 aliphatic carbocycles. The lowest BCUT2D eigenvalue weighted by Crippen LogP contribution is -2.12. The van der Waals surface area contributed by atoms with Gasteiger partial charge in [-0.2, -0.15) is 0 Å². The Labute approximate surface area is 86.4 Å². The van der Waals surface area contributed by atoms with Crippen LogP contribution in [0.15, 0.2) is 24.0 Å². The number of aromatic nitrogens is 3. The molecule has 0 aliphatic rings. The number of thiazole rings is 1. The molecule has 0 atom stereocenters. The molecule has 0 radical (unpaired) electrons. The maximum Gasteiger partial charge on any atom is 0.115 e. The summed E-state index contributed by atoms with van der Waals surface area (Å²) >= 11 is 1.65. The first-order chi connectivity index (χ1) is 6.90. The molecule has 2 N–H and O–H groups in total. The summed E-state index contributed by atoms with van der Waals surface area (Å²) in [5.74, 6) is 1.03. The number of nitrogens with two attached hydrogens (primary N) is 1. The highest BCUT2D eigenvalue weighted by atomic mass is 32.1. The number of hydrogen-bond donors (Lipinski definition) is 1. The minimum atomic E-state index is 0.640. The van der Waals surface area contributed by atoms with E-state index in [1.165, 1.54) is 0 Å². The van der Waals surface area contributed by atoms with Gasteiger partial charge in [0.25, 0.3) is 0 Å². The fraction of sp³-hybridized carbons (Fsp3) is 0.333. The molecule has 2 aromatic heterocycles. The predicted molar refractivity (Wildman–Crippen MR) is 56.2 cm³/mol. The van der Waals surface area contributed by atoms with Crippen LogP contribution in [0.25, 0.3) is 0 Å². The molecule has 0 saturated carbocycles. The molecule has 2 heterocycles. The first-order valence-corrected chi connectivity index (χ1v) is 5.36. The van der Waals surface area contributed by atoms with Crippen molar-refractivity contribution in [3.8, 4) is 0 Å². The molecule has 5 heteroatoms. The molecule has 0 unspecified atom stereocenters. The highest BCUT2D eigenvalue weighted by molar-refractivity contribution is 7.09. The summed E-state index contributed by atoms with van der Waals surface area (Å²) in [6, 6.07) is 0. The fourth-order valence-electron chi connectivity index (χ4n) is 1.33. The highest BCUT2D eigenvalue weighted by Gasteiger charge is 2.04. The quantitative estimate of drug-likeness (QED) is 0.811. The first-order valence-electron chi connectivity index (χ1n) is 4.48. The normalized spacial score (nSPS) is 10.6. The Bertz CT molecular complexity index is 379. The zero-order valence-corrected chi connectivity index (χ0v) is 8.57. The molecule has 0 amide bonds. The van der Waals surface area contributed by atoms with Crippen molar-refractivity contribution in [2.45, 2.75) is 13.0 Å². The smallest absolute Gasteiger partial charge is 0.115 e. The van der Waals surface area contributed by atoms with E-state index < -0.39 is 0 Å². The standard InChI is InChI=1S/C9H12N4S/c10-1-4-13-5-2-11-8(13)7-9-12-3-6-14-9/h2-3,5-6H,1,4,7,10H2. The van der Waals surface area contributed by atoms with Crippen molar-refractivity contribution in [2.24, 2.45) is 5.73 Å². The van der Waals surface area contributed by atoms with Gasteiger partial charge in [0, 0.05) is 37.1 Å². The maximum absolute atomic E-state index is 5.50. The van der Waals surface area contributed by atoms with Crippen molar-refractivity contribution in [3.63, 3.8) is 0 Å². The van der Waals surface area contributed by atoms with Crippen molar-refractivity contribution >= 4 is 11.3 Å².